The Bertz CT molecular complexity index is 274. The van der Waals surface area contributed by atoms with Crippen molar-refractivity contribution in [3.8, 4) is 0 Å². The highest BCUT2D eigenvalue weighted by molar-refractivity contribution is 5.84. The third kappa shape index (κ3) is 8.61. The maximum Gasteiger partial charge on any atom is 0.243 e. The van der Waals surface area contributed by atoms with Gasteiger partial charge in [0, 0.05) is 27.2 Å². The first-order valence-corrected chi connectivity index (χ1v) is 6.45. The second-order valence-electron chi connectivity index (χ2n) is 4.26. The summed E-state index contributed by atoms with van der Waals surface area (Å²) in [6.45, 7) is 7.48. The van der Waals surface area contributed by atoms with Gasteiger partial charge in [-0.25, -0.2) is 4.99 Å². The van der Waals surface area contributed by atoms with Crippen molar-refractivity contribution in [2.24, 2.45) is 4.99 Å². The Kier molecular flexibility index (Phi) is 9.73. The Morgan fingerprint density at radius 3 is 2.61 bits per heavy atom. The second-order valence-corrected chi connectivity index (χ2v) is 4.26. The molecule has 0 fully saturated rings. The molecule has 0 aromatic carbocycles. The van der Waals surface area contributed by atoms with Crippen molar-refractivity contribution in [3.63, 3.8) is 0 Å². The van der Waals surface area contributed by atoms with Crippen molar-refractivity contribution in [2.75, 3.05) is 33.7 Å². The molecule has 5 heteroatoms. The van der Waals surface area contributed by atoms with Gasteiger partial charge in [-0.15, -0.1) is 6.58 Å². The fourth-order valence-electron chi connectivity index (χ4n) is 1.21. The number of rotatable bonds is 8. The van der Waals surface area contributed by atoms with Crippen molar-refractivity contribution in [2.45, 2.75) is 26.2 Å². The van der Waals surface area contributed by atoms with Gasteiger partial charge in [-0.2, -0.15) is 0 Å². The van der Waals surface area contributed by atoms with Crippen LogP contribution in [0.3, 0.4) is 0 Å². The van der Waals surface area contributed by atoms with Crippen LogP contribution in [0.5, 0.6) is 0 Å². The van der Waals surface area contributed by atoms with E-state index in [0.717, 1.165) is 13.0 Å². The number of likely N-dealkylation sites (N-methyl/N-ethyl adjacent to an activating group) is 1. The Hall–Kier alpha value is -1.52. The van der Waals surface area contributed by atoms with Crippen molar-refractivity contribution in [3.05, 3.63) is 12.7 Å². The van der Waals surface area contributed by atoms with Crippen LogP contribution in [-0.2, 0) is 4.79 Å². The van der Waals surface area contributed by atoms with Crippen LogP contribution in [0.1, 0.15) is 26.2 Å². The molecule has 0 spiro atoms. The molecular weight excluding hydrogens is 228 g/mol. The van der Waals surface area contributed by atoms with Gasteiger partial charge in [-0.3, -0.25) is 4.79 Å². The monoisotopic (exact) mass is 254 g/mol. The topological polar surface area (TPSA) is 56.7 Å². The molecule has 104 valence electrons. The summed E-state index contributed by atoms with van der Waals surface area (Å²) >= 11 is 0. The zero-order chi connectivity index (χ0) is 13.8. The van der Waals surface area contributed by atoms with E-state index in [1.807, 2.05) is 0 Å². The third-order valence-electron chi connectivity index (χ3n) is 2.36. The summed E-state index contributed by atoms with van der Waals surface area (Å²) in [6.07, 6.45) is 5.25. The minimum absolute atomic E-state index is 0.0109. The predicted molar refractivity (Wildman–Crippen MR) is 76.7 cm³/mol. The number of nitrogens with one attached hydrogen (secondary N) is 2. The molecule has 1 amide bonds. The van der Waals surface area contributed by atoms with E-state index in [2.05, 4.69) is 29.1 Å². The predicted octanol–water partition coefficient (Wildman–Crippen LogP) is 0.986. The summed E-state index contributed by atoms with van der Waals surface area (Å²) in [5.41, 5.74) is 0. The molecule has 5 nitrogen and oxygen atoms in total. The minimum atomic E-state index is -0.0109. The van der Waals surface area contributed by atoms with Gasteiger partial charge in [0.25, 0.3) is 0 Å². The van der Waals surface area contributed by atoms with Crippen molar-refractivity contribution in [1.29, 1.82) is 0 Å². The number of carbonyl (C=O) groups is 1. The minimum Gasteiger partial charge on any atom is -0.356 e. The Morgan fingerprint density at radius 1 is 1.33 bits per heavy atom. The van der Waals surface area contributed by atoms with Gasteiger partial charge >= 0.3 is 0 Å². The van der Waals surface area contributed by atoms with Gasteiger partial charge < -0.3 is 15.5 Å². The van der Waals surface area contributed by atoms with Gasteiger partial charge in [-0.1, -0.05) is 25.8 Å². The zero-order valence-corrected chi connectivity index (χ0v) is 11.8. The van der Waals surface area contributed by atoms with E-state index < -0.39 is 0 Å². The van der Waals surface area contributed by atoms with Gasteiger partial charge in [0.15, 0.2) is 5.96 Å². The van der Waals surface area contributed by atoms with Crippen LogP contribution >= 0.6 is 0 Å². The van der Waals surface area contributed by atoms with Gasteiger partial charge in [-0.05, 0) is 6.42 Å². The van der Waals surface area contributed by atoms with Gasteiger partial charge in [0.05, 0.1) is 0 Å². The molecule has 0 aliphatic carbocycles. The molecule has 0 radical (unpaired) electrons. The van der Waals surface area contributed by atoms with Gasteiger partial charge in [0.1, 0.15) is 6.54 Å². The summed E-state index contributed by atoms with van der Waals surface area (Å²) in [6, 6.07) is 0. The van der Waals surface area contributed by atoms with Crippen LogP contribution in [0.2, 0.25) is 0 Å². The molecule has 0 aliphatic heterocycles. The lowest BCUT2D eigenvalue weighted by Crippen LogP contribution is -2.39. The first kappa shape index (κ1) is 16.5. The molecule has 0 unspecified atom stereocenters. The lowest BCUT2D eigenvalue weighted by atomic mass is 10.2. The maximum absolute atomic E-state index is 11.4. The molecule has 0 aromatic rings. The molecule has 0 heterocycles. The van der Waals surface area contributed by atoms with E-state index in [9.17, 15) is 4.79 Å². The van der Waals surface area contributed by atoms with E-state index in [1.165, 1.54) is 17.7 Å². The van der Waals surface area contributed by atoms with Crippen molar-refractivity contribution < 1.29 is 4.79 Å². The fourth-order valence-corrected chi connectivity index (χ4v) is 1.21. The number of amides is 1. The number of aliphatic imine (C=N–C) groups is 1. The number of guanidine groups is 1. The lowest BCUT2D eigenvalue weighted by Gasteiger charge is -2.12. The number of hydrogen-bond acceptors (Lipinski definition) is 2. The summed E-state index contributed by atoms with van der Waals surface area (Å²) in [7, 11) is 3.45. The van der Waals surface area contributed by atoms with E-state index >= 15 is 0 Å². The molecular formula is C13H26N4O. The SMILES string of the molecule is C=CCNC(=NCC(=O)N(C)C)NCCCCC. The number of hydrogen-bond donors (Lipinski definition) is 2. The first-order chi connectivity index (χ1) is 8.61. The molecule has 0 saturated heterocycles. The van der Waals surface area contributed by atoms with E-state index in [4.69, 9.17) is 0 Å². The summed E-state index contributed by atoms with van der Waals surface area (Å²) in [5, 5.41) is 6.29. The van der Waals surface area contributed by atoms with Crippen LogP contribution in [-0.4, -0.2) is 50.5 Å². The lowest BCUT2D eigenvalue weighted by molar-refractivity contribution is -0.127. The average Bonchev–Trinajstić information content (AvgIpc) is 2.36. The standard InChI is InChI=1S/C13H26N4O/c1-5-7-8-10-15-13(14-9-6-2)16-11-12(18)17(3)4/h6H,2,5,7-11H2,1,3-4H3,(H2,14,15,16). The van der Waals surface area contributed by atoms with Crippen molar-refractivity contribution >= 4 is 11.9 Å². The van der Waals surface area contributed by atoms with Gasteiger partial charge in [0.2, 0.25) is 5.91 Å². The van der Waals surface area contributed by atoms with Crippen LogP contribution in [0, 0.1) is 0 Å². The Labute approximate surface area is 110 Å². The van der Waals surface area contributed by atoms with E-state index in [-0.39, 0.29) is 12.5 Å². The molecule has 0 rings (SSSR count). The van der Waals surface area contributed by atoms with Crippen LogP contribution in [0.15, 0.2) is 17.6 Å². The smallest absolute Gasteiger partial charge is 0.243 e. The second kappa shape index (κ2) is 10.6. The molecule has 0 atom stereocenters. The quantitative estimate of drug-likeness (QED) is 0.294. The molecule has 0 aromatic heterocycles. The highest BCUT2D eigenvalue weighted by Gasteiger charge is 2.03. The molecule has 0 bridgehead atoms. The van der Waals surface area contributed by atoms with E-state index in [1.54, 1.807) is 20.2 Å². The normalized spacial score (nSPS) is 10.9. The summed E-state index contributed by atoms with van der Waals surface area (Å²) < 4.78 is 0. The number of carbonyl (C=O) groups excluding carboxylic acids is 1. The Balaban J connectivity index is 4.14. The van der Waals surface area contributed by atoms with Crippen molar-refractivity contribution in [1.82, 2.24) is 15.5 Å². The molecule has 0 saturated carbocycles. The maximum atomic E-state index is 11.4. The Morgan fingerprint density at radius 2 is 2.06 bits per heavy atom. The largest absolute Gasteiger partial charge is 0.356 e. The molecule has 18 heavy (non-hydrogen) atoms. The third-order valence-corrected chi connectivity index (χ3v) is 2.36. The number of nitrogens with zero attached hydrogens (tertiary/aromatic N) is 2. The summed E-state index contributed by atoms with van der Waals surface area (Å²) in [5.74, 6) is 0.657. The van der Waals surface area contributed by atoms with E-state index in [0.29, 0.717) is 12.5 Å². The summed E-state index contributed by atoms with van der Waals surface area (Å²) in [4.78, 5) is 17.2. The molecule has 0 aliphatic rings. The highest BCUT2D eigenvalue weighted by Crippen LogP contribution is 1.91. The molecule has 2 N–H and O–H groups in total. The number of unbranched alkanes of at least 4 members (excludes halogenated alkanes) is 2. The average molecular weight is 254 g/mol. The highest BCUT2D eigenvalue weighted by atomic mass is 16.2. The van der Waals surface area contributed by atoms with Crippen LogP contribution in [0.25, 0.3) is 0 Å². The zero-order valence-electron chi connectivity index (χ0n) is 11.8. The van der Waals surface area contributed by atoms with Crippen LogP contribution in [0.4, 0.5) is 0 Å². The first-order valence-electron chi connectivity index (χ1n) is 6.45. The van der Waals surface area contributed by atoms with Crippen LogP contribution < -0.4 is 10.6 Å². The fraction of sp³-hybridized carbons (Fsp3) is 0.692.